The molecule has 0 aliphatic carbocycles. The van der Waals surface area contributed by atoms with Crippen LogP contribution in [0.25, 0.3) is 11.5 Å². The van der Waals surface area contributed by atoms with Gasteiger partial charge in [-0.3, -0.25) is 4.79 Å². The maximum absolute atomic E-state index is 12.7. The van der Waals surface area contributed by atoms with Gasteiger partial charge < -0.3 is 14.6 Å². The third-order valence-electron chi connectivity index (χ3n) is 4.02. The Kier molecular flexibility index (Phi) is 4.18. The Balaban J connectivity index is 1.78. The van der Waals surface area contributed by atoms with Gasteiger partial charge in [-0.1, -0.05) is 23.8 Å². The van der Waals surface area contributed by atoms with Gasteiger partial charge in [0, 0.05) is 6.54 Å². The molecule has 0 atom stereocenters. The number of nitrogens with one attached hydrogen (secondary N) is 1. The number of hydrogen-bond acceptors (Lipinski definition) is 5. The van der Waals surface area contributed by atoms with Crippen LogP contribution in [0, 0.1) is 6.92 Å². The lowest BCUT2D eigenvalue weighted by Crippen LogP contribution is -2.15. The van der Waals surface area contributed by atoms with Crippen molar-refractivity contribution in [1.82, 2.24) is 19.7 Å². The monoisotopic (exact) mass is 347 g/mol. The minimum atomic E-state index is -0.268. The van der Waals surface area contributed by atoms with Gasteiger partial charge in [0.1, 0.15) is 30.2 Å². The molecule has 2 aromatic heterocycles. The summed E-state index contributed by atoms with van der Waals surface area (Å²) in [5.41, 5.74) is 2.10. The largest absolute Gasteiger partial charge is 0.489 e. The molecule has 0 spiro atoms. The Bertz CT molecular complexity index is 993. The Morgan fingerprint density at radius 2 is 2.12 bits per heavy atom. The van der Waals surface area contributed by atoms with E-state index in [-0.39, 0.29) is 5.91 Å². The number of carbonyl (C=O) groups is 1. The van der Waals surface area contributed by atoms with Gasteiger partial charge in [0.15, 0.2) is 5.82 Å². The highest BCUT2D eigenvalue weighted by atomic mass is 16.5. The topological polar surface area (TPSA) is 81.9 Å². The molecule has 2 bridgehead atoms. The molecular formula is C19H17N5O2. The lowest BCUT2D eigenvalue weighted by Gasteiger charge is -2.12. The third-order valence-corrected chi connectivity index (χ3v) is 4.02. The summed E-state index contributed by atoms with van der Waals surface area (Å²) in [5, 5.41) is 10.9. The highest BCUT2D eigenvalue weighted by Gasteiger charge is 2.15. The zero-order valence-electron chi connectivity index (χ0n) is 14.2. The van der Waals surface area contributed by atoms with Crippen LogP contribution < -0.4 is 10.1 Å². The number of ether oxygens (including phenoxy) is 1. The highest BCUT2D eigenvalue weighted by molar-refractivity contribution is 6.06. The molecule has 7 nitrogen and oxygen atoms in total. The maximum atomic E-state index is 12.7. The predicted molar refractivity (Wildman–Crippen MR) is 97.0 cm³/mol. The first-order valence-electron chi connectivity index (χ1n) is 8.26. The SMILES string of the molecule is Cc1ccc2c(c1)C(=O)Nc1cccc(n1)-c1nncn1C/C=C/CO2. The first-order valence-corrected chi connectivity index (χ1v) is 8.26. The van der Waals surface area contributed by atoms with Crippen LogP contribution in [0.4, 0.5) is 5.82 Å². The summed E-state index contributed by atoms with van der Waals surface area (Å²) in [6.07, 6.45) is 5.52. The lowest BCUT2D eigenvalue weighted by atomic mass is 10.1. The van der Waals surface area contributed by atoms with Crippen LogP contribution in [0.1, 0.15) is 15.9 Å². The van der Waals surface area contributed by atoms with Crippen molar-refractivity contribution in [3.8, 4) is 17.3 Å². The van der Waals surface area contributed by atoms with Crippen molar-refractivity contribution in [1.29, 1.82) is 0 Å². The number of allylic oxidation sites excluding steroid dienone is 1. The molecule has 3 heterocycles. The summed E-state index contributed by atoms with van der Waals surface area (Å²) in [6, 6.07) is 10.9. The molecule has 0 radical (unpaired) electrons. The van der Waals surface area contributed by atoms with Gasteiger partial charge >= 0.3 is 0 Å². The van der Waals surface area contributed by atoms with E-state index in [4.69, 9.17) is 4.74 Å². The molecule has 1 aromatic carbocycles. The molecule has 130 valence electrons. The molecule has 7 heteroatoms. The average Bonchev–Trinajstić information content (AvgIpc) is 3.10. The number of anilines is 1. The number of pyridine rings is 1. The predicted octanol–water partition coefficient (Wildman–Crippen LogP) is 2.85. The summed E-state index contributed by atoms with van der Waals surface area (Å²) >= 11 is 0. The van der Waals surface area contributed by atoms with E-state index in [1.54, 1.807) is 18.5 Å². The number of benzene rings is 1. The van der Waals surface area contributed by atoms with Gasteiger partial charge in [-0.15, -0.1) is 10.2 Å². The van der Waals surface area contributed by atoms with E-state index in [9.17, 15) is 4.79 Å². The second kappa shape index (κ2) is 6.79. The summed E-state index contributed by atoms with van der Waals surface area (Å²) in [5.74, 6) is 1.36. The fourth-order valence-electron chi connectivity index (χ4n) is 2.74. The van der Waals surface area contributed by atoms with Crippen molar-refractivity contribution < 1.29 is 9.53 Å². The van der Waals surface area contributed by atoms with Crippen molar-refractivity contribution in [3.05, 3.63) is 66.0 Å². The van der Waals surface area contributed by atoms with Crippen LogP contribution in [0.5, 0.6) is 5.75 Å². The molecule has 4 rings (SSSR count). The number of fused-ring (bicyclic) bond motifs is 5. The Morgan fingerprint density at radius 1 is 1.19 bits per heavy atom. The van der Waals surface area contributed by atoms with Gasteiger partial charge in [-0.2, -0.15) is 0 Å². The Hall–Kier alpha value is -3.48. The third kappa shape index (κ3) is 3.19. The summed E-state index contributed by atoms with van der Waals surface area (Å²) in [7, 11) is 0. The first kappa shape index (κ1) is 16.0. The molecule has 26 heavy (non-hydrogen) atoms. The number of rotatable bonds is 0. The fraction of sp³-hybridized carbons (Fsp3) is 0.158. The number of amides is 1. The van der Waals surface area contributed by atoms with E-state index < -0.39 is 0 Å². The minimum Gasteiger partial charge on any atom is -0.489 e. The van der Waals surface area contributed by atoms with Crippen LogP contribution in [0.3, 0.4) is 0 Å². The van der Waals surface area contributed by atoms with Crippen LogP contribution >= 0.6 is 0 Å². The summed E-state index contributed by atoms with van der Waals surface area (Å²) < 4.78 is 7.66. The van der Waals surface area contributed by atoms with Gasteiger partial charge in [0.05, 0.1) is 5.56 Å². The zero-order valence-corrected chi connectivity index (χ0v) is 14.2. The maximum Gasteiger partial charge on any atom is 0.260 e. The van der Waals surface area contributed by atoms with Crippen molar-refractivity contribution >= 4 is 11.7 Å². The normalized spacial score (nSPS) is 15.0. The van der Waals surface area contributed by atoms with Crippen molar-refractivity contribution in [2.24, 2.45) is 0 Å². The Labute approximate surface area is 150 Å². The van der Waals surface area contributed by atoms with Gasteiger partial charge in [-0.25, -0.2) is 4.98 Å². The quantitative estimate of drug-likeness (QED) is 0.632. The Morgan fingerprint density at radius 3 is 3.04 bits per heavy atom. The molecule has 3 aromatic rings. The molecule has 1 aliphatic rings. The minimum absolute atomic E-state index is 0.268. The van der Waals surface area contributed by atoms with E-state index in [0.717, 1.165) is 5.56 Å². The second-order valence-electron chi connectivity index (χ2n) is 5.95. The lowest BCUT2D eigenvalue weighted by molar-refractivity contribution is 0.102. The fourth-order valence-corrected chi connectivity index (χ4v) is 2.74. The number of aromatic nitrogens is 4. The molecule has 0 unspecified atom stereocenters. The van der Waals surface area contributed by atoms with Crippen molar-refractivity contribution in [2.45, 2.75) is 13.5 Å². The van der Waals surface area contributed by atoms with Crippen molar-refractivity contribution in [2.75, 3.05) is 11.9 Å². The molecule has 0 saturated carbocycles. The summed E-state index contributed by atoms with van der Waals surface area (Å²) in [6.45, 7) is 2.90. The van der Waals surface area contributed by atoms with Crippen LogP contribution in [0.15, 0.2) is 54.9 Å². The molecule has 1 amide bonds. The molecule has 0 fully saturated rings. The van der Waals surface area contributed by atoms with Gasteiger partial charge in [-0.05, 0) is 37.3 Å². The van der Waals surface area contributed by atoms with Crippen molar-refractivity contribution in [3.63, 3.8) is 0 Å². The van der Waals surface area contributed by atoms with E-state index >= 15 is 0 Å². The zero-order chi connectivity index (χ0) is 17.9. The smallest absolute Gasteiger partial charge is 0.260 e. The van der Waals surface area contributed by atoms with Crippen LogP contribution in [-0.4, -0.2) is 32.3 Å². The number of carbonyl (C=O) groups excluding carboxylic acids is 1. The second-order valence-corrected chi connectivity index (χ2v) is 5.95. The molecule has 0 saturated heterocycles. The molecular weight excluding hydrogens is 330 g/mol. The number of nitrogens with zero attached hydrogens (tertiary/aromatic N) is 4. The highest BCUT2D eigenvalue weighted by Crippen LogP contribution is 2.23. The first-order chi connectivity index (χ1) is 12.7. The van der Waals surface area contributed by atoms with Crippen LogP contribution in [-0.2, 0) is 6.54 Å². The number of hydrogen-bond donors (Lipinski definition) is 1. The van der Waals surface area contributed by atoms with Gasteiger partial charge in [0.25, 0.3) is 5.91 Å². The standard InChI is InChI=1S/C19H17N5O2/c1-13-7-8-16-14(11-13)19(25)22-17-6-4-5-15(21-17)18-23-20-12-24(18)9-2-3-10-26-16/h2-8,11-12H,9-10H2,1H3,(H,21,22,25)/b3-2+. The van der Waals surface area contributed by atoms with E-state index in [2.05, 4.69) is 20.5 Å². The van der Waals surface area contributed by atoms with E-state index in [1.807, 2.05) is 47.9 Å². The van der Waals surface area contributed by atoms with Gasteiger partial charge in [0.2, 0.25) is 0 Å². The molecule has 1 aliphatic heterocycles. The number of aryl methyl sites for hydroxylation is 1. The molecule has 1 N–H and O–H groups in total. The van der Waals surface area contributed by atoms with Crippen LogP contribution in [0.2, 0.25) is 0 Å². The van der Waals surface area contributed by atoms with E-state index in [1.165, 1.54) is 0 Å². The average molecular weight is 347 g/mol. The summed E-state index contributed by atoms with van der Waals surface area (Å²) in [4.78, 5) is 17.2. The van der Waals surface area contributed by atoms with E-state index in [0.29, 0.717) is 41.8 Å².